The minimum atomic E-state index is -1.04. The Bertz CT molecular complexity index is 1370. The number of imidazole rings is 1. The van der Waals surface area contributed by atoms with Crippen molar-refractivity contribution in [1.82, 2.24) is 19.9 Å². The summed E-state index contributed by atoms with van der Waals surface area (Å²) in [4.78, 5) is 27.8. The number of hydrogen-bond donors (Lipinski definition) is 3. The van der Waals surface area contributed by atoms with Crippen molar-refractivity contribution in [2.75, 3.05) is 11.9 Å². The highest BCUT2D eigenvalue weighted by Crippen LogP contribution is 2.24. The predicted molar refractivity (Wildman–Crippen MR) is 131 cm³/mol. The van der Waals surface area contributed by atoms with Crippen LogP contribution in [0.25, 0.3) is 33.7 Å². The topological polar surface area (TPSA) is 104 Å². The summed E-state index contributed by atoms with van der Waals surface area (Å²) < 4.78 is 0. The zero-order valence-electron chi connectivity index (χ0n) is 17.5. The third-order valence-corrected chi connectivity index (χ3v) is 5.10. The van der Waals surface area contributed by atoms with Gasteiger partial charge in [-0.15, -0.1) is 0 Å². The van der Waals surface area contributed by atoms with E-state index in [0.717, 1.165) is 33.7 Å². The Labute approximate surface area is 195 Å². The van der Waals surface area contributed by atoms with Gasteiger partial charge in [0, 0.05) is 35.1 Å². The number of nitrogens with one attached hydrogen (secondary N) is 2. The molecular formula is C25H20ClN5O2. The molecule has 3 aromatic heterocycles. The summed E-state index contributed by atoms with van der Waals surface area (Å²) in [5.74, 6) is 0.318. The average molecular weight is 458 g/mol. The van der Waals surface area contributed by atoms with Gasteiger partial charge in [-0.25, -0.2) is 14.8 Å². The van der Waals surface area contributed by atoms with E-state index < -0.39 is 5.97 Å². The lowest BCUT2D eigenvalue weighted by atomic mass is 10.1. The van der Waals surface area contributed by atoms with Crippen LogP contribution in [-0.2, 0) is 4.79 Å². The number of carboxylic acids is 1. The van der Waals surface area contributed by atoms with Gasteiger partial charge in [0.15, 0.2) is 0 Å². The SMILES string of the molecule is C=C/C(=C\C(=C)CNc1ccc(-c2ccc(-c3nc4ccc(Cl)cc4[nH]3)cn2)cn1)C(=O)O. The molecule has 0 amide bonds. The number of carboxylic acid groups (broad SMARTS) is 1. The first kappa shape index (κ1) is 22.0. The largest absolute Gasteiger partial charge is 0.478 e. The maximum atomic E-state index is 11.0. The number of fused-ring (bicyclic) bond motifs is 1. The highest BCUT2D eigenvalue weighted by atomic mass is 35.5. The number of aromatic amines is 1. The molecule has 0 fully saturated rings. The Kier molecular flexibility index (Phi) is 6.33. The molecule has 0 spiro atoms. The summed E-state index contributed by atoms with van der Waals surface area (Å²) >= 11 is 6.04. The third kappa shape index (κ3) is 5.16. The second-order valence-corrected chi connectivity index (χ2v) is 7.67. The quantitative estimate of drug-likeness (QED) is 0.238. The van der Waals surface area contributed by atoms with Gasteiger partial charge in [-0.2, -0.15) is 0 Å². The normalized spacial score (nSPS) is 11.4. The van der Waals surface area contributed by atoms with Crippen LogP contribution >= 0.6 is 11.6 Å². The lowest BCUT2D eigenvalue weighted by molar-refractivity contribution is -0.132. The van der Waals surface area contributed by atoms with E-state index in [-0.39, 0.29) is 5.57 Å². The van der Waals surface area contributed by atoms with E-state index in [1.807, 2.05) is 42.5 Å². The number of aromatic nitrogens is 4. The first-order chi connectivity index (χ1) is 15.9. The molecule has 0 bridgehead atoms. The number of aliphatic carboxylic acids is 1. The summed E-state index contributed by atoms with van der Waals surface area (Å²) in [6.07, 6.45) is 6.23. The average Bonchev–Trinajstić information content (AvgIpc) is 3.24. The molecule has 1 aromatic carbocycles. The molecule has 8 heteroatoms. The number of halogens is 1. The standard InChI is InChI=1S/C25H20ClN5O2/c1-3-16(25(32)33)10-15(2)12-28-23-9-5-17(13-29-23)20-7-4-18(14-27-20)24-30-21-8-6-19(26)11-22(21)31-24/h3-11,13-14H,1-2,12H2,(H,28,29)(H,30,31)(H,32,33)/b16-10+. The Morgan fingerprint density at radius 3 is 2.58 bits per heavy atom. The summed E-state index contributed by atoms with van der Waals surface area (Å²) in [6.45, 7) is 7.70. The Morgan fingerprint density at radius 1 is 1.12 bits per heavy atom. The lowest BCUT2D eigenvalue weighted by Crippen LogP contribution is -2.06. The molecule has 164 valence electrons. The fourth-order valence-electron chi connectivity index (χ4n) is 3.16. The van der Waals surface area contributed by atoms with Crippen molar-refractivity contribution in [2.45, 2.75) is 0 Å². The van der Waals surface area contributed by atoms with E-state index in [2.05, 4.69) is 38.4 Å². The predicted octanol–water partition coefficient (Wildman–Crippen LogP) is 5.51. The lowest BCUT2D eigenvalue weighted by Gasteiger charge is -2.07. The molecule has 4 rings (SSSR count). The highest BCUT2D eigenvalue weighted by Gasteiger charge is 2.08. The van der Waals surface area contributed by atoms with Gasteiger partial charge in [0.2, 0.25) is 0 Å². The van der Waals surface area contributed by atoms with Crippen molar-refractivity contribution in [3.8, 4) is 22.6 Å². The monoisotopic (exact) mass is 457 g/mol. The van der Waals surface area contributed by atoms with Crippen molar-refractivity contribution < 1.29 is 9.90 Å². The zero-order valence-corrected chi connectivity index (χ0v) is 18.3. The third-order valence-electron chi connectivity index (χ3n) is 4.86. The molecule has 3 N–H and O–H groups in total. The number of nitrogens with zero attached hydrogens (tertiary/aromatic N) is 3. The molecule has 0 aliphatic carbocycles. The number of rotatable bonds is 8. The summed E-state index contributed by atoms with van der Waals surface area (Å²) in [5, 5.41) is 12.8. The minimum absolute atomic E-state index is 0.0890. The molecule has 0 radical (unpaired) electrons. The zero-order chi connectivity index (χ0) is 23.4. The van der Waals surface area contributed by atoms with E-state index >= 15 is 0 Å². The molecule has 0 saturated heterocycles. The van der Waals surface area contributed by atoms with Crippen LogP contribution in [0.2, 0.25) is 5.02 Å². The first-order valence-corrected chi connectivity index (χ1v) is 10.4. The van der Waals surface area contributed by atoms with Gasteiger partial charge in [-0.3, -0.25) is 4.98 Å². The van der Waals surface area contributed by atoms with Crippen LogP contribution in [0.15, 0.2) is 91.3 Å². The van der Waals surface area contributed by atoms with E-state index in [4.69, 9.17) is 16.7 Å². The molecule has 0 aliphatic heterocycles. The minimum Gasteiger partial charge on any atom is -0.478 e. The fraction of sp³-hybridized carbons (Fsp3) is 0.0400. The summed E-state index contributed by atoms with van der Waals surface area (Å²) in [6, 6.07) is 13.1. The smallest absolute Gasteiger partial charge is 0.335 e. The second-order valence-electron chi connectivity index (χ2n) is 7.23. The van der Waals surface area contributed by atoms with E-state index in [0.29, 0.717) is 23.0 Å². The van der Waals surface area contributed by atoms with Crippen LogP contribution in [0.3, 0.4) is 0 Å². The molecule has 0 aliphatic rings. The summed E-state index contributed by atoms with van der Waals surface area (Å²) in [5.41, 5.74) is 4.91. The van der Waals surface area contributed by atoms with Gasteiger partial charge < -0.3 is 15.4 Å². The Balaban J connectivity index is 1.43. The number of hydrogen-bond acceptors (Lipinski definition) is 5. The van der Waals surface area contributed by atoms with Crippen LogP contribution in [0.5, 0.6) is 0 Å². The van der Waals surface area contributed by atoms with Gasteiger partial charge in [-0.05, 0) is 54.1 Å². The van der Waals surface area contributed by atoms with Crippen LogP contribution < -0.4 is 5.32 Å². The van der Waals surface area contributed by atoms with Gasteiger partial charge >= 0.3 is 5.97 Å². The van der Waals surface area contributed by atoms with Crippen LogP contribution in [0.1, 0.15) is 0 Å². The van der Waals surface area contributed by atoms with Crippen LogP contribution in [0.4, 0.5) is 5.82 Å². The van der Waals surface area contributed by atoms with Crippen molar-refractivity contribution in [3.05, 3.63) is 96.3 Å². The van der Waals surface area contributed by atoms with Crippen molar-refractivity contribution >= 4 is 34.4 Å². The molecule has 0 atom stereocenters. The number of carbonyl (C=O) groups is 1. The second kappa shape index (κ2) is 9.50. The molecule has 0 saturated carbocycles. The van der Waals surface area contributed by atoms with Crippen molar-refractivity contribution in [2.24, 2.45) is 0 Å². The fourth-order valence-corrected chi connectivity index (χ4v) is 3.33. The number of pyridine rings is 2. The van der Waals surface area contributed by atoms with Gasteiger partial charge in [0.25, 0.3) is 0 Å². The first-order valence-electron chi connectivity index (χ1n) is 10.00. The van der Waals surface area contributed by atoms with Crippen LogP contribution in [-0.4, -0.2) is 37.6 Å². The maximum Gasteiger partial charge on any atom is 0.335 e. The van der Waals surface area contributed by atoms with Gasteiger partial charge in [-0.1, -0.05) is 30.8 Å². The number of benzene rings is 1. The molecule has 33 heavy (non-hydrogen) atoms. The van der Waals surface area contributed by atoms with Crippen LogP contribution in [0, 0.1) is 0 Å². The van der Waals surface area contributed by atoms with E-state index in [9.17, 15) is 4.79 Å². The molecular weight excluding hydrogens is 438 g/mol. The molecule has 7 nitrogen and oxygen atoms in total. The van der Waals surface area contributed by atoms with Gasteiger partial charge in [0.05, 0.1) is 22.3 Å². The number of anilines is 1. The molecule has 3 heterocycles. The Morgan fingerprint density at radius 2 is 1.91 bits per heavy atom. The van der Waals surface area contributed by atoms with E-state index in [1.54, 1.807) is 12.4 Å². The molecule has 4 aromatic rings. The molecule has 0 unspecified atom stereocenters. The maximum absolute atomic E-state index is 11.0. The highest BCUT2D eigenvalue weighted by molar-refractivity contribution is 6.31. The number of H-pyrrole nitrogens is 1. The van der Waals surface area contributed by atoms with Crippen molar-refractivity contribution in [1.29, 1.82) is 0 Å². The van der Waals surface area contributed by atoms with Crippen molar-refractivity contribution in [3.63, 3.8) is 0 Å². The Hall–Kier alpha value is -4.23. The van der Waals surface area contributed by atoms with Gasteiger partial charge in [0.1, 0.15) is 11.6 Å². The van der Waals surface area contributed by atoms with E-state index in [1.165, 1.54) is 12.2 Å². The summed E-state index contributed by atoms with van der Waals surface area (Å²) in [7, 11) is 0.